The molecule has 8 aromatic rings. The number of hydrogen-bond donors (Lipinski definition) is 1. The van der Waals surface area contributed by atoms with Gasteiger partial charge in [-0.25, -0.2) is 0 Å². The normalized spacial score (nSPS) is 20.2. The van der Waals surface area contributed by atoms with Gasteiger partial charge >= 0.3 is 0 Å². The smallest absolute Gasteiger partial charge is 0.0586 e. The van der Waals surface area contributed by atoms with Crippen molar-refractivity contribution in [1.29, 1.82) is 0 Å². The Balaban J connectivity index is 0.825. The van der Waals surface area contributed by atoms with E-state index in [1.165, 1.54) is 74.7 Å². The maximum absolute atomic E-state index is 4.50. The molecule has 4 atom stereocenters. The zero-order valence-electron chi connectivity index (χ0n) is 31.1. The molecule has 0 spiro atoms. The highest BCUT2D eigenvalue weighted by molar-refractivity contribution is 7.26. The number of thiophene rings is 1. The number of allylic oxidation sites excluding steroid dienone is 12. The molecule has 0 fully saturated rings. The molecule has 0 bridgehead atoms. The Hall–Kier alpha value is -6.16. The fraction of sp³-hybridized carbons (Fsp3) is 0.115. The maximum Gasteiger partial charge on any atom is 0.0586 e. The summed E-state index contributed by atoms with van der Waals surface area (Å²) in [5.41, 5.74) is 7.38. The second-order valence-corrected chi connectivity index (χ2v) is 16.2. The van der Waals surface area contributed by atoms with E-state index >= 15 is 0 Å². The molecule has 1 N–H and O–H groups in total. The SMILES string of the molecule is C=C(/C=C\C=C/Nc1ccc2c(ccc3ccc4sc5ccccc5c4c32)c1)C1=CC=CC(C2=CC(C)C(n3c4ccccc4c4ccccc43)C=C2)C1C. The number of aromatic nitrogens is 1. The van der Waals surface area contributed by atoms with Crippen LogP contribution in [0.15, 0.2) is 199 Å². The molecule has 2 nitrogen and oxygen atoms in total. The Kier molecular flexibility index (Phi) is 8.26. The molecule has 0 aliphatic heterocycles. The van der Waals surface area contributed by atoms with Crippen molar-refractivity contribution in [3.05, 3.63) is 199 Å². The second kappa shape index (κ2) is 13.6. The van der Waals surface area contributed by atoms with Gasteiger partial charge in [0.25, 0.3) is 0 Å². The summed E-state index contributed by atoms with van der Waals surface area (Å²) in [5.74, 6) is 0.980. The number of hydrogen-bond acceptors (Lipinski definition) is 2. The highest BCUT2D eigenvalue weighted by atomic mass is 32.1. The van der Waals surface area contributed by atoms with Crippen molar-refractivity contribution in [1.82, 2.24) is 4.57 Å². The van der Waals surface area contributed by atoms with Crippen LogP contribution >= 0.6 is 11.3 Å². The molecule has 55 heavy (non-hydrogen) atoms. The summed E-state index contributed by atoms with van der Waals surface area (Å²) in [6.45, 7) is 9.19. The zero-order chi connectivity index (χ0) is 37.0. The lowest BCUT2D eigenvalue weighted by molar-refractivity contribution is 0.488. The topological polar surface area (TPSA) is 17.0 Å². The third-order valence-corrected chi connectivity index (χ3v) is 13.0. The van der Waals surface area contributed by atoms with E-state index in [0.29, 0.717) is 17.8 Å². The Labute approximate surface area is 326 Å². The molecular weight excluding hydrogens is 685 g/mol. The average molecular weight is 727 g/mol. The van der Waals surface area contributed by atoms with Crippen molar-refractivity contribution in [3.63, 3.8) is 0 Å². The van der Waals surface area contributed by atoms with Crippen LogP contribution in [-0.4, -0.2) is 4.57 Å². The molecule has 2 aliphatic rings. The molecule has 10 rings (SSSR count). The van der Waals surface area contributed by atoms with Gasteiger partial charge < -0.3 is 9.88 Å². The van der Waals surface area contributed by atoms with Gasteiger partial charge in [-0.05, 0) is 92.6 Å². The van der Waals surface area contributed by atoms with E-state index in [0.717, 1.165) is 11.3 Å². The molecule has 3 heteroatoms. The van der Waals surface area contributed by atoms with Gasteiger partial charge in [0.2, 0.25) is 0 Å². The van der Waals surface area contributed by atoms with Crippen LogP contribution in [0.1, 0.15) is 19.9 Å². The van der Waals surface area contributed by atoms with Crippen LogP contribution in [0.25, 0.3) is 63.5 Å². The minimum Gasteiger partial charge on any atom is -0.362 e. The average Bonchev–Trinajstić information content (AvgIpc) is 3.76. The van der Waals surface area contributed by atoms with Crippen molar-refractivity contribution in [3.8, 4) is 0 Å². The van der Waals surface area contributed by atoms with Gasteiger partial charge in [0.15, 0.2) is 0 Å². The summed E-state index contributed by atoms with van der Waals surface area (Å²) in [6, 6.07) is 42.3. The highest BCUT2D eigenvalue weighted by Gasteiger charge is 2.29. The van der Waals surface area contributed by atoms with E-state index in [1.54, 1.807) is 0 Å². The van der Waals surface area contributed by atoms with Gasteiger partial charge in [-0.3, -0.25) is 0 Å². The van der Waals surface area contributed by atoms with Crippen LogP contribution in [0.4, 0.5) is 5.69 Å². The van der Waals surface area contributed by atoms with Crippen LogP contribution < -0.4 is 5.32 Å². The van der Waals surface area contributed by atoms with Crippen LogP contribution in [0.2, 0.25) is 0 Å². The number of benzene rings is 6. The monoisotopic (exact) mass is 726 g/mol. The molecule has 0 saturated heterocycles. The molecule has 2 aliphatic carbocycles. The van der Waals surface area contributed by atoms with Gasteiger partial charge in [-0.2, -0.15) is 0 Å². The van der Waals surface area contributed by atoms with E-state index in [1.807, 2.05) is 17.5 Å². The van der Waals surface area contributed by atoms with E-state index in [-0.39, 0.29) is 6.04 Å². The fourth-order valence-corrected chi connectivity index (χ4v) is 10.3. The Morgan fingerprint density at radius 2 is 1.44 bits per heavy atom. The zero-order valence-corrected chi connectivity index (χ0v) is 31.9. The molecule has 0 radical (unpaired) electrons. The fourth-order valence-electron chi connectivity index (χ4n) is 9.18. The van der Waals surface area contributed by atoms with Crippen molar-refractivity contribution >= 4 is 80.5 Å². The maximum atomic E-state index is 4.50. The molecule has 266 valence electrons. The number of anilines is 1. The Morgan fingerprint density at radius 3 is 2.24 bits per heavy atom. The molecule has 2 aromatic heterocycles. The van der Waals surface area contributed by atoms with Crippen molar-refractivity contribution in [2.45, 2.75) is 19.9 Å². The van der Waals surface area contributed by atoms with Gasteiger partial charge in [-0.1, -0.05) is 148 Å². The summed E-state index contributed by atoms with van der Waals surface area (Å²) in [6.07, 6.45) is 22.4. The largest absolute Gasteiger partial charge is 0.362 e. The summed E-state index contributed by atoms with van der Waals surface area (Å²) < 4.78 is 5.21. The molecule has 2 heterocycles. The van der Waals surface area contributed by atoms with Crippen LogP contribution in [0.3, 0.4) is 0 Å². The first-order chi connectivity index (χ1) is 27.0. The number of nitrogens with zero attached hydrogens (tertiary/aromatic N) is 1. The van der Waals surface area contributed by atoms with Gasteiger partial charge in [0.1, 0.15) is 0 Å². The second-order valence-electron chi connectivity index (χ2n) is 15.1. The summed E-state index contributed by atoms with van der Waals surface area (Å²) >= 11 is 1.87. The van der Waals surface area contributed by atoms with Crippen LogP contribution in [-0.2, 0) is 0 Å². The highest BCUT2D eigenvalue weighted by Crippen LogP contribution is 2.43. The van der Waals surface area contributed by atoms with Crippen molar-refractivity contribution in [2.24, 2.45) is 17.8 Å². The minimum absolute atomic E-state index is 0.261. The number of fused-ring (bicyclic) bond motifs is 10. The molecule has 4 unspecified atom stereocenters. The standard InChI is InChI=1S/C52H42N2S/c1-33(13-10-11-30-53-39-26-27-42-38(32-39)23-22-36-25-29-50-52(51(36)42)45-16-6-9-21-49(45)55-50)40-17-12-18-41(35(40)3)37-24-28-46(34(2)31-37)54-47-19-7-4-14-43(47)44-15-5-8-20-48(44)54/h4-32,34-35,41,46,53H,1H2,2-3H3/b13-10-,30-11-. The first-order valence-electron chi connectivity index (χ1n) is 19.4. The molecule has 0 saturated carbocycles. The summed E-state index contributed by atoms with van der Waals surface area (Å²) in [5, 5.41) is 14.0. The van der Waals surface area contributed by atoms with E-state index in [4.69, 9.17) is 0 Å². The lowest BCUT2D eigenvalue weighted by Gasteiger charge is -2.32. The van der Waals surface area contributed by atoms with Gasteiger partial charge in [-0.15, -0.1) is 11.3 Å². The van der Waals surface area contributed by atoms with Crippen LogP contribution in [0.5, 0.6) is 0 Å². The molecule has 6 aromatic carbocycles. The van der Waals surface area contributed by atoms with Crippen molar-refractivity contribution in [2.75, 3.05) is 5.32 Å². The van der Waals surface area contributed by atoms with Crippen LogP contribution in [0, 0.1) is 17.8 Å². The van der Waals surface area contributed by atoms with Crippen molar-refractivity contribution < 1.29 is 0 Å². The Morgan fingerprint density at radius 1 is 0.709 bits per heavy atom. The quantitative estimate of drug-likeness (QED) is 0.128. The van der Waals surface area contributed by atoms with E-state index in [9.17, 15) is 0 Å². The predicted octanol–water partition coefficient (Wildman–Crippen LogP) is 14.6. The number of nitrogens with one attached hydrogen (secondary N) is 1. The van der Waals surface area contributed by atoms with Gasteiger partial charge in [0.05, 0.1) is 6.04 Å². The number of para-hydroxylation sites is 2. The predicted molar refractivity (Wildman–Crippen MR) is 240 cm³/mol. The third-order valence-electron chi connectivity index (χ3n) is 11.9. The molecule has 0 amide bonds. The first-order valence-corrected chi connectivity index (χ1v) is 20.2. The Bertz CT molecular complexity index is 2980. The third kappa shape index (κ3) is 5.70. The van der Waals surface area contributed by atoms with Gasteiger partial charge in [0, 0.05) is 59.8 Å². The minimum atomic E-state index is 0.261. The van der Waals surface area contributed by atoms with E-state index < -0.39 is 0 Å². The lowest BCUT2D eigenvalue weighted by atomic mass is 9.74. The first kappa shape index (κ1) is 33.4. The molecular formula is C52H42N2S. The lowest BCUT2D eigenvalue weighted by Crippen LogP contribution is -2.22. The summed E-state index contributed by atoms with van der Waals surface area (Å²) in [7, 11) is 0. The van der Waals surface area contributed by atoms with E-state index in [2.05, 4.69) is 200 Å². The summed E-state index contributed by atoms with van der Waals surface area (Å²) in [4.78, 5) is 0. The number of rotatable bonds is 7.